The van der Waals surface area contributed by atoms with E-state index in [4.69, 9.17) is 5.73 Å². The smallest absolute Gasteiger partial charge is 0.398 e. The van der Waals surface area contributed by atoms with Crippen LogP contribution in [-0.2, 0) is 12.6 Å². The van der Waals surface area contributed by atoms with Crippen LogP contribution in [0.3, 0.4) is 0 Å². The van der Waals surface area contributed by atoms with Crippen molar-refractivity contribution in [1.82, 2.24) is 0 Å². The van der Waals surface area contributed by atoms with Gasteiger partial charge >= 0.3 is 6.18 Å². The third kappa shape index (κ3) is 2.19. The van der Waals surface area contributed by atoms with Gasteiger partial charge in [0.15, 0.2) is 0 Å². The van der Waals surface area contributed by atoms with Gasteiger partial charge in [-0.15, -0.1) is 0 Å². The molecule has 0 amide bonds. The summed E-state index contributed by atoms with van der Waals surface area (Å²) >= 11 is 0. The molecule has 4 heteroatoms. The van der Waals surface area contributed by atoms with E-state index in [9.17, 15) is 13.2 Å². The van der Waals surface area contributed by atoms with Gasteiger partial charge in [0.2, 0.25) is 0 Å². The molecule has 78 valence electrons. The number of hydrogen-bond acceptors (Lipinski definition) is 1. The van der Waals surface area contributed by atoms with Crippen LogP contribution in [0.2, 0.25) is 0 Å². The van der Waals surface area contributed by atoms with E-state index in [1.807, 2.05) is 6.92 Å². The van der Waals surface area contributed by atoms with Crippen molar-refractivity contribution >= 4 is 5.69 Å². The lowest BCUT2D eigenvalue weighted by Gasteiger charge is -2.14. The van der Waals surface area contributed by atoms with Gasteiger partial charge in [-0.05, 0) is 18.1 Å². The van der Waals surface area contributed by atoms with Crippen LogP contribution in [0, 0.1) is 0 Å². The van der Waals surface area contributed by atoms with Gasteiger partial charge in [-0.3, -0.25) is 0 Å². The number of benzene rings is 1. The maximum Gasteiger partial charge on any atom is 0.418 e. The lowest BCUT2D eigenvalue weighted by Crippen LogP contribution is -2.12. The second-order valence-electron chi connectivity index (χ2n) is 3.13. The van der Waals surface area contributed by atoms with Crippen LogP contribution in [0.15, 0.2) is 18.2 Å². The van der Waals surface area contributed by atoms with Crippen LogP contribution in [-0.4, -0.2) is 0 Å². The van der Waals surface area contributed by atoms with E-state index >= 15 is 0 Å². The molecule has 0 fully saturated rings. The van der Waals surface area contributed by atoms with E-state index in [0.717, 1.165) is 0 Å². The molecule has 0 bridgehead atoms. The summed E-state index contributed by atoms with van der Waals surface area (Å²) in [5.74, 6) is 0. The molecule has 0 aliphatic rings. The Kier molecular flexibility index (Phi) is 3.03. The first-order valence-corrected chi connectivity index (χ1v) is 4.41. The fourth-order valence-electron chi connectivity index (χ4n) is 1.44. The van der Waals surface area contributed by atoms with Gasteiger partial charge in [-0.2, -0.15) is 13.2 Å². The molecule has 0 saturated heterocycles. The summed E-state index contributed by atoms with van der Waals surface area (Å²) in [6, 6.07) is 4.31. The minimum absolute atomic E-state index is 0.191. The summed E-state index contributed by atoms with van der Waals surface area (Å²) in [6.07, 6.45) is -3.28. The van der Waals surface area contributed by atoms with E-state index in [2.05, 4.69) is 0 Å². The van der Waals surface area contributed by atoms with Crippen LogP contribution in [0.1, 0.15) is 24.5 Å². The number of hydrogen-bond donors (Lipinski definition) is 1. The van der Waals surface area contributed by atoms with Crippen LogP contribution in [0.5, 0.6) is 0 Å². The Balaban J connectivity index is 3.22. The average molecular weight is 203 g/mol. The van der Waals surface area contributed by atoms with E-state index in [0.29, 0.717) is 12.8 Å². The molecule has 0 unspecified atom stereocenters. The minimum atomic E-state index is -4.35. The quantitative estimate of drug-likeness (QED) is 0.733. The van der Waals surface area contributed by atoms with Crippen molar-refractivity contribution in [2.24, 2.45) is 0 Å². The number of nitrogens with two attached hydrogens (primary N) is 1. The molecule has 0 aliphatic carbocycles. The standard InChI is InChI=1S/C10H12F3N/c1-2-4-7-5-3-6-8(14)9(7)10(11,12)13/h3,5-6H,2,4,14H2,1H3. The highest BCUT2D eigenvalue weighted by Gasteiger charge is 2.35. The number of aryl methyl sites for hydroxylation is 1. The topological polar surface area (TPSA) is 26.0 Å². The molecule has 14 heavy (non-hydrogen) atoms. The van der Waals surface area contributed by atoms with Crippen molar-refractivity contribution < 1.29 is 13.2 Å². The Morgan fingerprint density at radius 3 is 2.43 bits per heavy atom. The molecule has 0 saturated carbocycles. The van der Waals surface area contributed by atoms with Crippen LogP contribution >= 0.6 is 0 Å². The Morgan fingerprint density at radius 1 is 1.29 bits per heavy atom. The molecule has 1 aromatic rings. The Bertz CT molecular complexity index is 318. The molecule has 0 atom stereocenters. The Hall–Kier alpha value is -1.19. The second kappa shape index (κ2) is 3.90. The fourth-order valence-corrected chi connectivity index (χ4v) is 1.44. The van der Waals surface area contributed by atoms with Crippen molar-refractivity contribution in [3.05, 3.63) is 29.3 Å². The van der Waals surface area contributed by atoms with Gasteiger partial charge in [0, 0.05) is 5.69 Å². The minimum Gasteiger partial charge on any atom is -0.398 e. The first-order valence-electron chi connectivity index (χ1n) is 4.41. The third-order valence-corrected chi connectivity index (χ3v) is 1.99. The highest BCUT2D eigenvalue weighted by molar-refractivity contribution is 5.52. The maximum atomic E-state index is 12.6. The molecule has 0 aliphatic heterocycles. The van der Waals surface area contributed by atoms with E-state index in [1.165, 1.54) is 12.1 Å². The summed E-state index contributed by atoms with van der Waals surface area (Å²) in [5.41, 5.74) is 4.73. The molecule has 0 aromatic heterocycles. The SMILES string of the molecule is CCCc1cccc(N)c1C(F)(F)F. The second-order valence-corrected chi connectivity index (χ2v) is 3.13. The maximum absolute atomic E-state index is 12.6. The summed E-state index contributed by atoms with van der Waals surface area (Å²) in [4.78, 5) is 0. The first kappa shape index (κ1) is 10.9. The zero-order valence-corrected chi connectivity index (χ0v) is 7.86. The molecule has 1 rings (SSSR count). The normalized spacial score (nSPS) is 11.7. The fraction of sp³-hybridized carbons (Fsp3) is 0.400. The molecule has 0 radical (unpaired) electrons. The average Bonchev–Trinajstić information content (AvgIpc) is 2.02. The largest absolute Gasteiger partial charge is 0.418 e. The Labute approximate surface area is 80.7 Å². The number of rotatable bonds is 2. The van der Waals surface area contributed by atoms with Gasteiger partial charge in [-0.1, -0.05) is 25.5 Å². The van der Waals surface area contributed by atoms with E-state index < -0.39 is 11.7 Å². The zero-order chi connectivity index (χ0) is 10.8. The van der Waals surface area contributed by atoms with Gasteiger partial charge in [-0.25, -0.2) is 0 Å². The highest BCUT2D eigenvalue weighted by atomic mass is 19.4. The highest BCUT2D eigenvalue weighted by Crippen LogP contribution is 2.36. The number of alkyl halides is 3. The zero-order valence-electron chi connectivity index (χ0n) is 7.86. The molecule has 2 N–H and O–H groups in total. The van der Waals surface area contributed by atoms with Crippen LogP contribution in [0.25, 0.3) is 0 Å². The van der Waals surface area contributed by atoms with Crippen molar-refractivity contribution in [2.75, 3.05) is 5.73 Å². The van der Waals surface area contributed by atoms with Gasteiger partial charge in [0.1, 0.15) is 0 Å². The molecular weight excluding hydrogens is 191 g/mol. The number of nitrogen functional groups attached to an aromatic ring is 1. The van der Waals surface area contributed by atoms with E-state index in [1.54, 1.807) is 6.07 Å². The molecule has 1 aromatic carbocycles. The van der Waals surface area contributed by atoms with Gasteiger partial charge in [0.25, 0.3) is 0 Å². The monoisotopic (exact) mass is 203 g/mol. The Morgan fingerprint density at radius 2 is 1.93 bits per heavy atom. The molecule has 0 heterocycles. The summed E-state index contributed by atoms with van der Waals surface area (Å²) in [5, 5.41) is 0. The molecule has 0 spiro atoms. The van der Waals surface area contributed by atoms with Crippen molar-refractivity contribution in [3.8, 4) is 0 Å². The molecule has 1 nitrogen and oxygen atoms in total. The predicted octanol–water partition coefficient (Wildman–Crippen LogP) is 3.24. The lowest BCUT2D eigenvalue weighted by atomic mass is 10.0. The van der Waals surface area contributed by atoms with Crippen LogP contribution in [0.4, 0.5) is 18.9 Å². The number of halogens is 3. The number of anilines is 1. The van der Waals surface area contributed by atoms with Crippen molar-refractivity contribution in [2.45, 2.75) is 25.9 Å². The first-order chi connectivity index (χ1) is 6.46. The van der Waals surface area contributed by atoms with Crippen LogP contribution < -0.4 is 5.73 Å². The van der Waals surface area contributed by atoms with Gasteiger partial charge < -0.3 is 5.73 Å². The summed E-state index contributed by atoms with van der Waals surface area (Å²) in [7, 11) is 0. The van der Waals surface area contributed by atoms with Crippen molar-refractivity contribution in [3.63, 3.8) is 0 Å². The predicted molar refractivity (Wildman–Crippen MR) is 49.9 cm³/mol. The molecular formula is C10H12F3N. The van der Waals surface area contributed by atoms with E-state index in [-0.39, 0.29) is 11.3 Å². The van der Waals surface area contributed by atoms with Gasteiger partial charge in [0.05, 0.1) is 5.56 Å². The summed E-state index contributed by atoms with van der Waals surface area (Å²) in [6.45, 7) is 1.84. The lowest BCUT2D eigenvalue weighted by molar-refractivity contribution is -0.137. The van der Waals surface area contributed by atoms with Crippen molar-refractivity contribution in [1.29, 1.82) is 0 Å². The summed E-state index contributed by atoms with van der Waals surface area (Å²) < 4.78 is 37.7. The third-order valence-electron chi connectivity index (χ3n) is 1.99.